The fraction of sp³-hybridized carbons (Fsp3) is 0. The zero-order chi connectivity index (χ0) is 4.00. The summed E-state index contributed by atoms with van der Waals surface area (Å²) >= 11 is 0.500. The number of hydrogen-bond acceptors (Lipinski definition) is 2. The first-order valence-electron chi connectivity index (χ1n) is 0.352. The van der Waals surface area contributed by atoms with Crippen LogP contribution < -0.4 is 0 Å². The van der Waals surface area contributed by atoms with Crippen molar-refractivity contribution in [1.82, 2.24) is 0 Å². The summed E-state index contributed by atoms with van der Waals surface area (Å²) in [6.45, 7) is 0. The molecule has 0 fully saturated rings. The number of rotatable bonds is 0. The van der Waals surface area contributed by atoms with Crippen LogP contribution in [0.5, 0.6) is 0 Å². The van der Waals surface area contributed by atoms with Gasteiger partial charge in [0.05, 0.1) is 0 Å². The molecule has 0 atom stereocenters. The molecule has 7 heavy (non-hydrogen) atoms. The van der Waals surface area contributed by atoms with Gasteiger partial charge in [-0.25, -0.2) is 5.31 Å². The third-order valence-electron chi connectivity index (χ3n) is 0. The van der Waals surface area contributed by atoms with Gasteiger partial charge in [0, 0.05) is 0 Å². The Labute approximate surface area is 105 Å². The summed E-state index contributed by atoms with van der Waals surface area (Å²) in [5, 5.41) is 5.50. The SMILES string of the molecule is O.OF.[CaH2].[NaH].[O]=[Nb]. The first kappa shape index (κ1) is 33.4. The normalized spacial score (nSPS) is 1.29. The summed E-state index contributed by atoms with van der Waals surface area (Å²) < 4.78 is 16.8. The Balaban J connectivity index is -0.00000000267. The van der Waals surface area contributed by atoms with Gasteiger partial charge in [0.15, 0.2) is 0 Å². The van der Waals surface area contributed by atoms with Crippen molar-refractivity contribution < 1.29 is 39.6 Å². The van der Waals surface area contributed by atoms with E-state index in [2.05, 4.69) is 0 Å². The van der Waals surface area contributed by atoms with Crippen molar-refractivity contribution in [3.63, 3.8) is 0 Å². The third-order valence-corrected chi connectivity index (χ3v) is 0. The van der Waals surface area contributed by atoms with E-state index in [4.69, 9.17) is 13.1 Å². The predicted molar refractivity (Wildman–Crippen MR) is 23.3 cm³/mol. The molecule has 0 aliphatic heterocycles. The Morgan fingerprint density at radius 1 is 1.29 bits per heavy atom. The monoisotopic (exact) mass is 229 g/mol. The quantitative estimate of drug-likeness (QED) is 0.461. The van der Waals surface area contributed by atoms with Crippen molar-refractivity contribution in [2.75, 3.05) is 0 Å². The van der Waals surface area contributed by atoms with E-state index < -0.39 is 0 Å². The van der Waals surface area contributed by atoms with Crippen LogP contribution in [0.15, 0.2) is 0 Å². The maximum atomic E-state index is 8.50. The van der Waals surface area contributed by atoms with Crippen molar-refractivity contribution in [2.24, 2.45) is 0 Å². The van der Waals surface area contributed by atoms with Crippen molar-refractivity contribution in [3.05, 3.63) is 0 Å². The second kappa shape index (κ2) is 72.1. The van der Waals surface area contributed by atoms with E-state index in [1.54, 1.807) is 0 Å². The molecule has 0 unspecified atom stereocenters. The van der Waals surface area contributed by atoms with Gasteiger partial charge >= 0.3 is 91.6 Å². The molecule has 0 heterocycles. The molecule has 0 aliphatic rings. The summed E-state index contributed by atoms with van der Waals surface area (Å²) in [6, 6.07) is 0. The van der Waals surface area contributed by atoms with Gasteiger partial charge in [-0.2, -0.15) is 0 Å². The van der Waals surface area contributed by atoms with Gasteiger partial charge < -0.3 is 5.48 Å². The van der Waals surface area contributed by atoms with Crippen LogP contribution in [0.2, 0.25) is 0 Å². The van der Waals surface area contributed by atoms with Crippen LogP contribution >= 0.6 is 0 Å². The summed E-state index contributed by atoms with van der Waals surface area (Å²) in [5.74, 6) is 0. The first-order chi connectivity index (χ1) is 2.00. The van der Waals surface area contributed by atoms with E-state index in [-0.39, 0.29) is 72.8 Å². The summed E-state index contributed by atoms with van der Waals surface area (Å²) in [5.41, 5.74) is 0. The fourth-order valence-corrected chi connectivity index (χ4v) is 0. The zero-order valence-corrected chi connectivity index (χ0v) is 4.38. The first-order valence-corrected chi connectivity index (χ1v) is 1.25. The van der Waals surface area contributed by atoms with Crippen molar-refractivity contribution >= 4 is 67.3 Å². The summed E-state index contributed by atoms with van der Waals surface area (Å²) in [4.78, 5) is 0. The molecule has 3 nitrogen and oxygen atoms in total. The Kier molecular flexibility index (Phi) is 344. The number of halogens is 1. The summed E-state index contributed by atoms with van der Waals surface area (Å²) in [6.07, 6.45) is 0. The fourth-order valence-electron chi connectivity index (χ4n) is 0. The standard InChI is InChI=1S/Ca.FHO.Na.Nb.H2O.O.3H/c;1-2;;;;;;;/h;2H;;;1H2;;;;. The molecule has 0 saturated carbocycles. The van der Waals surface area contributed by atoms with Crippen LogP contribution in [0.4, 0.5) is 4.53 Å². The Morgan fingerprint density at radius 2 is 1.29 bits per heavy atom. The topological polar surface area (TPSA) is 68.8 Å². The van der Waals surface area contributed by atoms with E-state index in [1.165, 1.54) is 0 Å². The van der Waals surface area contributed by atoms with Crippen molar-refractivity contribution in [1.29, 1.82) is 0 Å². The van der Waals surface area contributed by atoms with E-state index in [0.29, 0.717) is 21.0 Å². The molecule has 3 N–H and O–H groups in total. The van der Waals surface area contributed by atoms with Crippen molar-refractivity contribution in [3.8, 4) is 0 Å². The van der Waals surface area contributed by atoms with Crippen LogP contribution in [0.25, 0.3) is 0 Å². The molecule has 0 amide bonds. The Hall–Kier alpha value is 2.65. The molecule has 0 aliphatic carbocycles. The molecule has 0 aromatic rings. The average Bonchev–Trinajstić information content (AvgIpc) is 1.50. The second-order valence-corrected chi connectivity index (χ2v) is 0. The second-order valence-electron chi connectivity index (χ2n) is 0. The van der Waals surface area contributed by atoms with E-state index in [9.17, 15) is 0 Å². The van der Waals surface area contributed by atoms with E-state index in [1.807, 2.05) is 0 Å². The zero-order valence-electron chi connectivity index (χ0n) is 2.18. The van der Waals surface area contributed by atoms with Crippen LogP contribution in [0.1, 0.15) is 0 Å². The molecule has 0 aromatic carbocycles. The van der Waals surface area contributed by atoms with Crippen LogP contribution in [-0.2, 0) is 24.3 Å². The van der Waals surface area contributed by atoms with E-state index in [0.717, 1.165) is 0 Å². The van der Waals surface area contributed by atoms with Gasteiger partial charge in [0.25, 0.3) is 0 Å². The molecule has 0 saturated heterocycles. The van der Waals surface area contributed by atoms with Gasteiger partial charge in [-0.05, 0) is 0 Å². The molecular formula is H6CaFNaNbO3. The number of hydrogen-bond donors (Lipinski definition) is 1. The van der Waals surface area contributed by atoms with Crippen LogP contribution in [0, 0.1) is 0 Å². The van der Waals surface area contributed by atoms with Gasteiger partial charge in [0.2, 0.25) is 0 Å². The molecule has 0 bridgehead atoms. The molecular weight excluding hydrogens is 223 g/mol. The minimum atomic E-state index is 0. The predicted octanol–water partition coefficient (Wildman–Crippen LogP) is -2.65. The third kappa shape index (κ3) is 54.5. The van der Waals surface area contributed by atoms with Gasteiger partial charge in [-0.1, -0.05) is 4.53 Å². The van der Waals surface area contributed by atoms with Crippen LogP contribution in [-0.4, -0.2) is 78.1 Å². The average molecular weight is 229 g/mol. The molecule has 0 aromatic heterocycles. The molecule has 7 heteroatoms. The molecule has 0 radical (unpaired) electrons. The van der Waals surface area contributed by atoms with Crippen LogP contribution in [0.3, 0.4) is 0 Å². The van der Waals surface area contributed by atoms with Gasteiger partial charge in [0.1, 0.15) is 0 Å². The van der Waals surface area contributed by atoms with Gasteiger partial charge in [-0.3, -0.25) is 0 Å². The molecule has 39 valence electrons. The maximum absolute atomic E-state index is 8.50. The van der Waals surface area contributed by atoms with Gasteiger partial charge in [-0.15, -0.1) is 0 Å². The Bertz CT molecular complexity index is 14.9. The summed E-state index contributed by atoms with van der Waals surface area (Å²) in [7, 11) is 0. The molecule has 0 spiro atoms. The minimum absolute atomic E-state index is 0. The molecule has 0 rings (SSSR count). The van der Waals surface area contributed by atoms with Crippen molar-refractivity contribution in [2.45, 2.75) is 0 Å². The van der Waals surface area contributed by atoms with E-state index >= 15 is 0 Å². The Morgan fingerprint density at radius 3 is 1.29 bits per heavy atom.